The van der Waals surface area contributed by atoms with E-state index in [2.05, 4.69) is 10.3 Å². The number of halogens is 1. The first-order valence-corrected chi connectivity index (χ1v) is 5.88. The van der Waals surface area contributed by atoms with Crippen LogP contribution in [0.2, 0.25) is 0 Å². The van der Waals surface area contributed by atoms with Crippen molar-refractivity contribution in [3.8, 4) is 0 Å². The van der Waals surface area contributed by atoms with E-state index in [0.717, 1.165) is 16.5 Å². The molecule has 3 rings (SSSR count). The molecule has 0 spiro atoms. The summed E-state index contributed by atoms with van der Waals surface area (Å²) in [6.45, 7) is 0. The van der Waals surface area contributed by atoms with Crippen LogP contribution in [0.4, 0.5) is 21.5 Å². The average molecular weight is 253 g/mol. The standard InChI is InChI=1S/C15H12FN3/c16-11-6-12(17)8-13(7-11)19-15-3-1-2-10-9-18-5-4-14(10)15/h1-9,19H,17H2. The zero-order valence-corrected chi connectivity index (χ0v) is 10.1. The number of nitrogen functional groups attached to an aromatic ring is 1. The molecule has 0 fully saturated rings. The van der Waals surface area contributed by atoms with Gasteiger partial charge in [0.15, 0.2) is 0 Å². The van der Waals surface area contributed by atoms with E-state index in [9.17, 15) is 4.39 Å². The summed E-state index contributed by atoms with van der Waals surface area (Å²) in [5.41, 5.74) is 7.55. The van der Waals surface area contributed by atoms with Crippen LogP contribution in [-0.2, 0) is 0 Å². The van der Waals surface area contributed by atoms with E-state index in [4.69, 9.17) is 5.73 Å². The second-order valence-corrected chi connectivity index (χ2v) is 4.30. The highest BCUT2D eigenvalue weighted by atomic mass is 19.1. The van der Waals surface area contributed by atoms with Gasteiger partial charge in [-0.3, -0.25) is 4.98 Å². The van der Waals surface area contributed by atoms with Gasteiger partial charge in [0, 0.05) is 40.2 Å². The molecule has 0 atom stereocenters. The zero-order valence-electron chi connectivity index (χ0n) is 10.1. The van der Waals surface area contributed by atoms with E-state index in [-0.39, 0.29) is 5.82 Å². The number of benzene rings is 2. The monoisotopic (exact) mass is 253 g/mol. The highest BCUT2D eigenvalue weighted by Crippen LogP contribution is 2.26. The number of nitrogens with two attached hydrogens (primary N) is 1. The fourth-order valence-corrected chi connectivity index (χ4v) is 2.07. The summed E-state index contributed by atoms with van der Waals surface area (Å²) < 4.78 is 13.3. The molecule has 0 aliphatic rings. The van der Waals surface area contributed by atoms with Gasteiger partial charge in [-0.15, -0.1) is 0 Å². The van der Waals surface area contributed by atoms with Crippen LogP contribution < -0.4 is 11.1 Å². The third-order valence-corrected chi connectivity index (χ3v) is 2.88. The minimum absolute atomic E-state index is 0.357. The van der Waals surface area contributed by atoms with Crippen LogP contribution in [0.15, 0.2) is 54.9 Å². The van der Waals surface area contributed by atoms with Crippen LogP contribution in [-0.4, -0.2) is 4.98 Å². The maximum atomic E-state index is 13.3. The fraction of sp³-hybridized carbons (Fsp3) is 0. The van der Waals surface area contributed by atoms with Gasteiger partial charge in [-0.2, -0.15) is 0 Å². The van der Waals surface area contributed by atoms with Gasteiger partial charge in [-0.1, -0.05) is 12.1 Å². The number of hydrogen-bond acceptors (Lipinski definition) is 3. The van der Waals surface area contributed by atoms with Crippen molar-refractivity contribution < 1.29 is 4.39 Å². The number of fused-ring (bicyclic) bond motifs is 1. The van der Waals surface area contributed by atoms with Crippen molar-refractivity contribution in [3.63, 3.8) is 0 Å². The minimum atomic E-state index is -0.357. The molecule has 1 aromatic heterocycles. The van der Waals surface area contributed by atoms with Gasteiger partial charge in [0.2, 0.25) is 0 Å². The molecule has 0 aliphatic carbocycles. The van der Waals surface area contributed by atoms with Crippen molar-refractivity contribution in [1.82, 2.24) is 4.98 Å². The Hall–Kier alpha value is -2.62. The van der Waals surface area contributed by atoms with E-state index < -0.39 is 0 Å². The Bertz CT molecular complexity index is 715. The first kappa shape index (κ1) is 11.5. The fourth-order valence-electron chi connectivity index (χ4n) is 2.07. The van der Waals surface area contributed by atoms with Gasteiger partial charge in [-0.05, 0) is 30.3 Å². The lowest BCUT2D eigenvalue weighted by atomic mass is 10.1. The van der Waals surface area contributed by atoms with Crippen molar-refractivity contribution in [1.29, 1.82) is 0 Å². The molecule has 0 bridgehead atoms. The molecule has 0 saturated heterocycles. The molecule has 2 aromatic carbocycles. The number of hydrogen-bond donors (Lipinski definition) is 2. The molecule has 0 saturated carbocycles. The molecule has 0 aliphatic heterocycles. The third kappa shape index (κ3) is 2.33. The Morgan fingerprint density at radius 2 is 2.00 bits per heavy atom. The van der Waals surface area contributed by atoms with E-state index in [1.165, 1.54) is 12.1 Å². The molecule has 0 amide bonds. The number of nitrogens with zero attached hydrogens (tertiary/aromatic N) is 1. The summed E-state index contributed by atoms with van der Waals surface area (Å²) in [6, 6.07) is 12.2. The van der Waals surface area contributed by atoms with Gasteiger partial charge >= 0.3 is 0 Å². The van der Waals surface area contributed by atoms with Crippen LogP contribution >= 0.6 is 0 Å². The maximum absolute atomic E-state index is 13.3. The van der Waals surface area contributed by atoms with Crippen molar-refractivity contribution in [2.75, 3.05) is 11.1 Å². The quantitative estimate of drug-likeness (QED) is 0.685. The van der Waals surface area contributed by atoms with E-state index in [0.29, 0.717) is 11.4 Å². The van der Waals surface area contributed by atoms with E-state index >= 15 is 0 Å². The molecule has 3 aromatic rings. The largest absolute Gasteiger partial charge is 0.399 e. The van der Waals surface area contributed by atoms with Crippen molar-refractivity contribution in [2.45, 2.75) is 0 Å². The summed E-state index contributed by atoms with van der Waals surface area (Å²) in [4.78, 5) is 4.08. The lowest BCUT2D eigenvalue weighted by Gasteiger charge is -2.10. The highest BCUT2D eigenvalue weighted by Gasteiger charge is 2.03. The Kier molecular flexibility index (Phi) is 2.76. The lowest BCUT2D eigenvalue weighted by molar-refractivity contribution is 0.629. The number of anilines is 3. The van der Waals surface area contributed by atoms with E-state index in [1.54, 1.807) is 18.5 Å². The molecule has 3 N–H and O–H groups in total. The van der Waals surface area contributed by atoms with Crippen molar-refractivity contribution in [3.05, 3.63) is 60.7 Å². The maximum Gasteiger partial charge on any atom is 0.127 e. The minimum Gasteiger partial charge on any atom is -0.399 e. The molecule has 94 valence electrons. The second-order valence-electron chi connectivity index (χ2n) is 4.30. The molecular weight excluding hydrogens is 241 g/mol. The van der Waals surface area contributed by atoms with Crippen LogP contribution in [0.3, 0.4) is 0 Å². The SMILES string of the molecule is Nc1cc(F)cc(Nc2cccc3cnccc23)c1. The lowest BCUT2D eigenvalue weighted by Crippen LogP contribution is -1.95. The summed E-state index contributed by atoms with van der Waals surface area (Å²) >= 11 is 0. The number of pyridine rings is 1. The predicted octanol–water partition coefficient (Wildman–Crippen LogP) is 3.70. The molecular formula is C15H12FN3. The van der Waals surface area contributed by atoms with Crippen LogP contribution in [0.5, 0.6) is 0 Å². The molecule has 4 heteroatoms. The third-order valence-electron chi connectivity index (χ3n) is 2.88. The summed E-state index contributed by atoms with van der Waals surface area (Å²) in [5, 5.41) is 5.23. The van der Waals surface area contributed by atoms with Gasteiger partial charge in [-0.25, -0.2) is 4.39 Å². The number of rotatable bonds is 2. The Labute approximate surface area is 109 Å². The summed E-state index contributed by atoms with van der Waals surface area (Å²) in [5.74, 6) is -0.357. The summed E-state index contributed by atoms with van der Waals surface area (Å²) in [7, 11) is 0. The van der Waals surface area contributed by atoms with Crippen molar-refractivity contribution in [2.24, 2.45) is 0 Å². The van der Waals surface area contributed by atoms with Gasteiger partial charge in [0.25, 0.3) is 0 Å². The van der Waals surface area contributed by atoms with Gasteiger partial charge in [0.05, 0.1) is 0 Å². The van der Waals surface area contributed by atoms with Gasteiger partial charge < -0.3 is 11.1 Å². The Balaban J connectivity index is 2.05. The normalized spacial score (nSPS) is 10.6. The number of nitrogens with one attached hydrogen (secondary N) is 1. The van der Waals surface area contributed by atoms with Crippen molar-refractivity contribution >= 4 is 27.8 Å². The second kappa shape index (κ2) is 4.57. The Morgan fingerprint density at radius 1 is 1.11 bits per heavy atom. The average Bonchev–Trinajstić information content (AvgIpc) is 2.38. The molecule has 0 radical (unpaired) electrons. The topological polar surface area (TPSA) is 50.9 Å². The zero-order chi connectivity index (χ0) is 13.2. The molecule has 19 heavy (non-hydrogen) atoms. The molecule has 0 unspecified atom stereocenters. The molecule has 3 nitrogen and oxygen atoms in total. The van der Waals surface area contributed by atoms with Crippen LogP contribution in [0.25, 0.3) is 10.8 Å². The molecule has 1 heterocycles. The van der Waals surface area contributed by atoms with Crippen LogP contribution in [0, 0.1) is 5.82 Å². The highest BCUT2D eigenvalue weighted by molar-refractivity contribution is 5.94. The first-order chi connectivity index (χ1) is 9.22. The Morgan fingerprint density at radius 3 is 2.84 bits per heavy atom. The smallest absolute Gasteiger partial charge is 0.127 e. The van der Waals surface area contributed by atoms with E-state index in [1.807, 2.05) is 24.3 Å². The summed E-state index contributed by atoms with van der Waals surface area (Å²) in [6.07, 6.45) is 3.52. The predicted molar refractivity (Wildman–Crippen MR) is 75.8 cm³/mol. The number of aromatic nitrogens is 1. The van der Waals surface area contributed by atoms with Crippen LogP contribution in [0.1, 0.15) is 0 Å². The first-order valence-electron chi connectivity index (χ1n) is 5.88. The van der Waals surface area contributed by atoms with Gasteiger partial charge in [0.1, 0.15) is 5.82 Å².